The standard InChI is InChI=1S/C30H37F4N5O4/c31-20-12-27(6-2-8-39(27)14-20)17-42-26-36-24-13-28(7-1-3-19-4-5-21(35)11-23(19)28)43-15-22(24)25(37-26)38-9-10-41-18-29(40,16-38)30(32,33)34/h4-5,11,20,40H,1-3,6-10,12-18,35H2/t20-,27+,28?,29?/m1/s1. The molecule has 13 heteroatoms. The normalized spacial score (nSPS) is 32.8. The molecule has 4 aliphatic heterocycles. The van der Waals surface area contributed by atoms with Crippen LogP contribution in [0.5, 0.6) is 6.01 Å². The fraction of sp³-hybridized carbons (Fsp3) is 0.667. The van der Waals surface area contributed by atoms with Gasteiger partial charge in [0.15, 0.2) is 0 Å². The average molecular weight is 608 g/mol. The van der Waals surface area contributed by atoms with E-state index in [4.69, 9.17) is 24.9 Å². The van der Waals surface area contributed by atoms with Crippen molar-refractivity contribution in [2.24, 2.45) is 0 Å². The zero-order valence-corrected chi connectivity index (χ0v) is 24.0. The minimum Gasteiger partial charge on any atom is -0.461 e. The first-order chi connectivity index (χ1) is 20.5. The number of nitrogens with zero attached hydrogens (tertiary/aromatic N) is 4. The topological polar surface area (TPSA) is 106 Å². The molecule has 1 aromatic heterocycles. The number of fused-ring (bicyclic) bond motifs is 4. The smallest absolute Gasteiger partial charge is 0.421 e. The Kier molecular flexibility index (Phi) is 7.03. The summed E-state index contributed by atoms with van der Waals surface area (Å²) in [6.07, 6.45) is -0.847. The number of nitrogen functional groups attached to an aromatic ring is 1. The molecule has 1 aromatic carbocycles. The van der Waals surface area contributed by atoms with Gasteiger partial charge in [0.2, 0.25) is 5.60 Å². The van der Waals surface area contributed by atoms with Crippen molar-refractivity contribution < 1.29 is 36.9 Å². The van der Waals surface area contributed by atoms with Gasteiger partial charge in [-0.1, -0.05) is 6.07 Å². The molecule has 7 rings (SSSR count). The summed E-state index contributed by atoms with van der Waals surface area (Å²) < 4.78 is 74.4. The van der Waals surface area contributed by atoms with Gasteiger partial charge >= 0.3 is 12.2 Å². The van der Waals surface area contributed by atoms with E-state index in [0.29, 0.717) is 36.3 Å². The van der Waals surface area contributed by atoms with Gasteiger partial charge in [0, 0.05) is 37.2 Å². The number of nitrogens with two attached hydrogens (primary N) is 1. The van der Waals surface area contributed by atoms with Crippen LogP contribution in [0.25, 0.3) is 0 Å². The Morgan fingerprint density at radius 2 is 2.02 bits per heavy atom. The molecule has 0 radical (unpaired) electrons. The van der Waals surface area contributed by atoms with Crippen molar-refractivity contribution >= 4 is 11.5 Å². The van der Waals surface area contributed by atoms with E-state index in [1.54, 1.807) is 0 Å². The van der Waals surface area contributed by atoms with Crippen molar-refractivity contribution in [3.8, 4) is 6.01 Å². The van der Waals surface area contributed by atoms with Gasteiger partial charge in [0.25, 0.3) is 0 Å². The lowest BCUT2D eigenvalue weighted by atomic mass is 9.74. The number of hydrogen-bond donors (Lipinski definition) is 2. The summed E-state index contributed by atoms with van der Waals surface area (Å²) in [6, 6.07) is 5.86. The van der Waals surface area contributed by atoms with Crippen LogP contribution in [0.1, 0.15) is 54.5 Å². The van der Waals surface area contributed by atoms with Crippen molar-refractivity contribution in [3.63, 3.8) is 0 Å². The van der Waals surface area contributed by atoms with E-state index in [1.807, 2.05) is 18.2 Å². The quantitative estimate of drug-likeness (QED) is 0.400. The third-order valence-corrected chi connectivity index (χ3v) is 10.0. The second kappa shape index (κ2) is 10.4. The molecule has 0 amide bonds. The second-order valence-electron chi connectivity index (χ2n) is 12.9. The Hall–Kier alpha value is -2.74. The SMILES string of the molecule is Nc1ccc2c(c1)C1(CCC2)Cc2nc(OC[C@@]34CCCN3C[C@H](F)C4)nc(N3CCOCC(O)(C(F)(F)F)C3)c2CO1. The number of ether oxygens (including phenoxy) is 3. The number of benzene rings is 1. The number of β-amino-alcohol motifs (C(OH)–C–C–N with tert-alkyl or cyclic N) is 1. The van der Waals surface area contributed by atoms with Crippen LogP contribution >= 0.6 is 0 Å². The van der Waals surface area contributed by atoms with E-state index in [0.717, 1.165) is 49.8 Å². The Morgan fingerprint density at radius 3 is 2.86 bits per heavy atom. The highest BCUT2D eigenvalue weighted by Gasteiger charge is 2.56. The maximum absolute atomic E-state index is 14.4. The molecule has 3 saturated heterocycles. The fourth-order valence-electron chi connectivity index (χ4n) is 7.77. The van der Waals surface area contributed by atoms with E-state index < -0.39 is 42.2 Å². The maximum atomic E-state index is 14.4. The van der Waals surface area contributed by atoms with Gasteiger partial charge < -0.3 is 30.0 Å². The molecular weight excluding hydrogens is 570 g/mol. The lowest BCUT2D eigenvalue weighted by Crippen LogP contribution is -2.55. The van der Waals surface area contributed by atoms with Crippen LogP contribution in [0.3, 0.4) is 0 Å². The monoisotopic (exact) mass is 607 g/mol. The number of aliphatic hydroxyl groups is 1. The van der Waals surface area contributed by atoms with Gasteiger partial charge in [-0.25, -0.2) is 4.39 Å². The average Bonchev–Trinajstić information content (AvgIpc) is 3.40. The first kappa shape index (κ1) is 29.0. The summed E-state index contributed by atoms with van der Waals surface area (Å²) in [4.78, 5) is 13.0. The first-order valence-electron chi connectivity index (χ1n) is 15.1. The predicted octanol–water partition coefficient (Wildman–Crippen LogP) is 3.45. The number of rotatable bonds is 4. The molecule has 5 heterocycles. The molecule has 3 fully saturated rings. The first-order valence-corrected chi connectivity index (χ1v) is 15.1. The maximum Gasteiger partial charge on any atom is 0.421 e. The van der Waals surface area contributed by atoms with E-state index in [9.17, 15) is 22.7 Å². The van der Waals surface area contributed by atoms with Crippen molar-refractivity contribution in [3.05, 3.63) is 40.6 Å². The molecule has 1 spiro atoms. The van der Waals surface area contributed by atoms with Gasteiger partial charge in [-0.2, -0.15) is 23.1 Å². The Labute approximate surface area is 247 Å². The van der Waals surface area contributed by atoms with E-state index >= 15 is 0 Å². The zero-order chi connectivity index (χ0) is 30.0. The highest BCUT2D eigenvalue weighted by Crippen LogP contribution is 2.47. The molecule has 0 saturated carbocycles. The Balaban J connectivity index is 1.27. The predicted molar refractivity (Wildman–Crippen MR) is 149 cm³/mol. The summed E-state index contributed by atoms with van der Waals surface area (Å²) in [6.45, 7) is -0.161. The molecule has 4 atom stereocenters. The van der Waals surface area contributed by atoms with Crippen LogP contribution in [-0.4, -0.2) is 89.5 Å². The molecule has 3 N–H and O–H groups in total. The highest BCUT2D eigenvalue weighted by molar-refractivity contribution is 5.54. The molecular formula is C30H37F4N5O4. The van der Waals surface area contributed by atoms with Crippen molar-refractivity contribution in [1.82, 2.24) is 14.9 Å². The minimum atomic E-state index is -4.91. The van der Waals surface area contributed by atoms with Crippen LogP contribution in [0, 0.1) is 0 Å². The summed E-state index contributed by atoms with van der Waals surface area (Å²) >= 11 is 0. The Morgan fingerprint density at radius 1 is 1.16 bits per heavy atom. The Bertz CT molecular complexity index is 1400. The highest BCUT2D eigenvalue weighted by atomic mass is 19.4. The largest absolute Gasteiger partial charge is 0.461 e. The molecule has 2 unspecified atom stereocenters. The van der Waals surface area contributed by atoms with E-state index in [1.165, 1.54) is 4.90 Å². The molecule has 234 valence electrons. The number of halogens is 4. The number of alkyl halides is 4. The summed E-state index contributed by atoms with van der Waals surface area (Å²) in [5.41, 5.74) is 5.91. The summed E-state index contributed by atoms with van der Waals surface area (Å²) in [7, 11) is 0. The summed E-state index contributed by atoms with van der Waals surface area (Å²) in [5, 5.41) is 10.7. The number of hydrogen-bond acceptors (Lipinski definition) is 9. The van der Waals surface area contributed by atoms with Crippen molar-refractivity contribution in [2.45, 2.75) is 80.6 Å². The molecule has 5 aliphatic rings. The third kappa shape index (κ3) is 5.01. The van der Waals surface area contributed by atoms with Gasteiger partial charge in [0.05, 0.1) is 43.2 Å². The van der Waals surface area contributed by atoms with Crippen LogP contribution in [-0.2, 0) is 34.5 Å². The second-order valence-corrected chi connectivity index (χ2v) is 12.9. The van der Waals surface area contributed by atoms with Gasteiger partial charge in [-0.15, -0.1) is 0 Å². The fourth-order valence-corrected chi connectivity index (χ4v) is 7.77. The van der Waals surface area contributed by atoms with Crippen LogP contribution in [0.15, 0.2) is 18.2 Å². The van der Waals surface area contributed by atoms with Crippen molar-refractivity contribution in [2.75, 3.05) is 56.6 Å². The third-order valence-electron chi connectivity index (χ3n) is 10.0. The molecule has 0 bridgehead atoms. The molecule has 9 nitrogen and oxygen atoms in total. The van der Waals surface area contributed by atoms with Gasteiger partial charge in [-0.05, 0) is 61.9 Å². The molecule has 43 heavy (non-hydrogen) atoms. The number of anilines is 2. The number of aryl methyl sites for hydroxylation is 1. The van der Waals surface area contributed by atoms with Crippen molar-refractivity contribution in [1.29, 1.82) is 0 Å². The van der Waals surface area contributed by atoms with Crippen LogP contribution in [0.2, 0.25) is 0 Å². The van der Waals surface area contributed by atoms with Gasteiger partial charge in [-0.3, -0.25) is 4.90 Å². The van der Waals surface area contributed by atoms with E-state index in [-0.39, 0.29) is 38.2 Å². The minimum absolute atomic E-state index is 0.0265. The van der Waals surface area contributed by atoms with Crippen LogP contribution in [0.4, 0.5) is 29.1 Å². The lowest BCUT2D eigenvalue weighted by molar-refractivity contribution is -0.267. The van der Waals surface area contributed by atoms with Gasteiger partial charge in [0.1, 0.15) is 18.6 Å². The summed E-state index contributed by atoms with van der Waals surface area (Å²) in [5.74, 6) is 0.224. The van der Waals surface area contributed by atoms with E-state index in [2.05, 4.69) is 9.88 Å². The van der Waals surface area contributed by atoms with Crippen LogP contribution < -0.4 is 15.4 Å². The molecule has 2 aromatic rings. The zero-order valence-electron chi connectivity index (χ0n) is 24.0. The lowest BCUT2D eigenvalue weighted by Gasteiger charge is -2.43. The number of aromatic nitrogens is 2. The molecule has 1 aliphatic carbocycles.